The van der Waals surface area contributed by atoms with Crippen molar-refractivity contribution in [3.8, 4) is 0 Å². The fourth-order valence-corrected chi connectivity index (χ4v) is 1.92. The Labute approximate surface area is 125 Å². The van der Waals surface area contributed by atoms with E-state index in [1.54, 1.807) is 6.92 Å². The minimum atomic E-state index is -4.62. The van der Waals surface area contributed by atoms with Gasteiger partial charge >= 0.3 is 6.18 Å². The highest BCUT2D eigenvalue weighted by Crippen LogP contribution is 2.27. The van der Waals surface area contributed by atoms with Gasteiger partial charge in [0.25, 0.3) is 5.91 Å². The van der Waals surface area contributed by atoms with Crippen LogP contribution >= 0.6 is 0 Å². The molecule has 7 heteroatoms. The van der Waals surface area contributed by atoms with Gasteiger partial charge in [-0.2, -0.15) is 13.2 Å². The molecule has 2 rings (SSSR count). The van der Waals surface area contributed by atoms with E-state index >= 15 is 0 Å². The number of halogens is 3. The molecule has 1 aromatic heterocycles. The third-order valence-electron chi connectivity index (χ3n) is 3.01. The first-order chi connectivity index (χ1) is 10.3. The number of hydrogen-bond donors (Lipinski definition) is 1. The maximum absolute atomic E-state index is 12.7. The lowest BCUT2D eigenvalue weighted by Gasteiger charge is -2.14. The van der Waals surface area contributed by atoms with Crippen molar-refractivity contribution in [2.24, 2.45) is 0 Å². The molecule has 0 spiro atoms. The average molecular weight is 309 g/mol. The Morgan fingerprint density at radius 1 is 1.18 bits per heavy atom. The molecular formula is C15H14F3N3O. The molecule has 1 amide bonds. The SMILES string of the molecule is Cc1nc(C(=O)NC(C)c2ccccc2)cc(C(F)(F)F)n1. The van der Waals surface area contributed by atoms with Gasteiger partial charge in [0, 0.05) is 6.07 Å². The van der Waals surface area contributed by atoms with E-state index in [0.717, 1.165) is 5.56 Å². The van der Waals surface area contributed by atoms with Crippen LogP contribution < -0.4 is 5.32 Å². The van der Waals surface area contributed by atoms with E-state index < -0.39 is 17.8 Å². The number of amides is 1. The standard InChI is InChI=1S/C15H14F3N3O/c1-9(11-6-4-3-5-7-11)19-14(22)12-8-13(15(16,17)18)21-10(2)20-12/h3-9H,1-2H3,(H,19,22). The van der Waals surface area contributed by atoms with Crippen molar-refractivity contribution in [2.75, 3.05) is 0 Å². The number of carbonyl (C=O) groups excluding carboxylic acids is 1. The number of alkyl halides is 3. The summed E-state index contributed by atoms with van der Waals surface area (Å²) < 4.78 is 38.2. The smallest absolute Gasteiger partial charge is 0.344 e. The summed E-state index contributed by atoms with van der Waals surface area (Å²) in [6.07, 6.45) is -4.62. The van der Waals surface area contributed by atoms with Crippen molar-refractivity contribution in [3.63, 3.8) is 0 Å². The molecule has 116 valence electrons. The highest BCUT2D eigenvalue weighted by Gasteiger charge is 2.34. The van der Waals surface area contributed by atoms with E-state index in [2.05, 4.69) is 15.3 Å². The number of carbonyl (C=O) groups is 1. The van der Waals surface area contributed by atoms with Gasteiger partial charge < -0.3 is 5.32 Å². The zero-order valence-electron chi connectivity index (χ0n) is 12.0. The summed E-state index contributed by atoms with van der Waals surface area (Å²) in [5, 5.41) is 2.62. The molecule has 0 saturated carbocycles. The Balaban J connectivity index is 2.21. The van der Waals surface area contributed by atoms with Gasteiger partial charge in [-0.05, 0) is 19.4 Å². The van der Waals surface area contributed by atoms with Crippen LogP contribution in [0.1, 0.15) is 40.5 Å². The number of aromatic nitrogens is 2. The lowest BCUT2D eigenvalue weighted by atomic mass is 10.1. The van der Waals surface area contributed by atoms with E-state index in [9.17, 15) is 18.0 Å². The van der Waals surface area contributed by atoms with Crippen molar-refractivity contribution >= 4 is 5.91 Å². The van der Waals surface area contributed by atoms with Crippen LogP contribution in [0.4, 0.5) is 13.2 Å². The maximum Gasteiger partial charge on any atom is 0.433 e. The second-order valence-electron chi connectivity index (χ2n) is 4.79. The molecule has 1 atom stereocenters. The second kappa shape index (κ2) is 6.13. The molecule has 1 heterocycles. The van der Waals surface area contributed by atoms with Crippen LogP contribution in [-0.4, -0.2) is 15.9 Å². The first kappa shape index (κ1) is 15.9. The summed E-state index contributed by atoms with van der Waals surface area (Å²) >= 11 is 0. The largest absolute Gasteiger partial charge is 0.433 e. The molecule has 0 radical (unpaired) electrons. The number of aryl methyl sites for hydroxylation is 1. The Hall–Kier alpha value is -2.44. The first-order valence-electron chi connectivity index (χ1n) is 6.56. The number of rotatable bonds is 3. The van der Waals surface area contributed by atoms with Crippen LogP contribution in [0, 0.1) is 6.92 Å². The van der Waals surface area contributed by atoms with Crippen molar-refractivity contribution in [2.45, 2.75) is 26.1 Å². The molecule has 2 aromatic rings. The average Bonchev–Trinajstić information content (AvgIpc) is 2.46. The highest BCUT2D eigenvalue weighted by atomic mass is 19.4. The number of benzene rings is 1. The third-order valence-corrected chi connectivity index (χ3v) is 3.01. The Kier molecular flexibility index (Phi) is 4.44. The van der Waals surface area contributed by atoms with Crippen molar-refractivity contribution in [1.82, 2.24) is 15.3 Å². The molecule has 1 unspecified atom stereocenters. The van der Waals surface area contributed by atoms with Crippen LogP contribution in [0.15, 0.2) is 36.4 Å². The summed E-state index contributed by atoms with van der Waals surface area (Å²) in [6, 6.07) is 9.40. The van der Waals surface area contributed by atoms with E-state index in [1.165, 1.54) is 6.92 Å². The molecule has 0 bridgehead atoms. The summed E-state index contributed by atoms with van der Waals surface area (Å²) in [5.41, 5.74) is -0.585. The number of nitrogens with one attached hydrogen (secondary N) is 1. The second-order valence-corrected chi connectivity index (χ2v) is 4.79. The summed E-state index contributed by atoms with van der Waals surface area (Å²) in [5.74, 6) is -0.778. The van der Waals surface area contributed by atoms with Crippen LogP contribution in [0.25, 0.3) is 0 Å². The Bertz CT molecular complexity index is 671. The predicted molar refractivity (Wildman–Crippen MR) is 74.1 cm³/mol. The normalized spacial score (nSPS) is 12.8. The van der Waals surface area contributed by atoms with Crippen molar-refractivity contribution < 1.29 is 18.0 Å². The molecule has 0 aliphatic carbocycles. The highest BCUT2D eigenvalue weighted by molar-refractivity contribution is 5.92. The molecular weight excluding hydrogens is 295 g/mol. The predicted octanol–water partition coefficient (Wildman–Crippen LogP) is 3.29. The van der Waals surface area contributed by atoms with Gasteiger partial charge in [0.1, 0.15) is 17.2 Å². The molecule has 0 aliphatic heterocycles. The molecule has 4 nitrogen and oxygen atoms in total. The van der Waals surface area contributed by atoms with Crippen molar-refractivity contribution in [1.29, 1.82) is 0 Å². The fourth-order valence-electron chi connectivity index (χ4n) is 1.92. The van der Waals surface area contributed by atoms with Gasteiger partial charge in [-0.3, -0.25) is 4.79 Å². The summed E-state index contributed by atoms with van der Waals surface area (Å²) in [6.45, 7) is 3.05. The van der Waals surface area contributed by atoms with E-state index in [0.29, 0.717) is 6.07 Å². The van der Waals surface area contributed by atoms with E-state index in [1.807, 2.05) is 30.3 Å². The maximum atomic E-state index is 12.7. The topological polar surface area (TPSA) is 54.9 Å². The summed E-state index contributed by atoms with van der Waals surface area (Å²) in [4.78, 5) is 19.2. The molecule has 1 N–H and O–H groups in total. The minimum Gasteiger partial charge on any atom is -0.344 e. The zero-order chi connectivity index (χ0) is 16.3. The van der Waals surface area contributed by atoms with Gasteiger partial charge in [-0.1, -0.05) is 30.3 Å². The molecule has 1 aromatic carbocycles. The van der Waals surface area contributed by atoms with Gasteiger partial charge in [0.15, 0.2) is 0 Å². The van der Waals surface area contributed by atoms with Crippen molar-refractivity contribution in [3.05, 3.63) is 59.2 Å². The number of hydrogen-bond acceptors (Lipinski definition) is 3. The van der Waals surface area contributed by atoms with Gasteiger partial charge in [-0.15, -0.1) is 0 Å². The Morgan fingerprint density at radius 2 is 1.82 bits per heavy atom. The fraction of sp³-hybridized carbons (Fsp3) is 0.267. The molecule has 0 aliphatic rings. The quantitative estimate of drug-likeness (QED) is 0.946. The monoisotopic (exact) mass is 309 g/mol. The zero-order valence-corrected chi connectivity index (χ0v) is 12.0. The van der Waals surface area contributed by atoms with Crippen LogP contribution in [0.2, 0.25) is 0 Å². The lowest BCUT2D eigenvalue weighted by molar-refractivity contribution is -0.141. The molecule has 0 fully saturated rings. The minimum absolute atomic E-state index is 0.104. The number of nitrogens with zero attached hydrogens (tertiary/aromatic N) is 2. The Morgan fingerprint density at radius 3 is 2.41 bits per heavy atom. The van der Waals surface area contributed by atoms with E-state index in [-0.39, 0.29) is 17.6 Å². The molecule has 22 heavy (non-hydrogen) atoms. The third kappa shape index (κ3) is 3.81. The first-order valence-corrected chi connectivity index (χ1v) is 6.56. The van der Waals surface area contributed by atoms with Gasteiger partial charge in [0.2, 0.25) is 0 Å². The lowest BCUT2D eigenvalue weighted by Crippen LogP contribution is -2.28. The van der Waals surface area contributed by atoms with Gasteiger partial charge in [-0.25, -0.2) is 9.97 Å². The summed E-state index contributed by atoms with van der Waals surface area (Å²) in [7, 11) is 0. The van der Waals surface area contributed by atoms with Crippen LogP contribution in [0.3, 0.4) is 0 Å². The van der Waals surface area contributed by atoms with Crippen LogP contribution in [0.5, 0.6) is 0 Å². The molecule has 0 saturated heterocycles. The van der Waals surface area contributed by atoms with Crippen LogP contribution in [-0.2, 0) is 6.18 Å². The van der Waals surface area contributed by atoms with E-state index in [4.69, 9.17) is 0 Å². The van der Waals surface area contributed by atoms with Gasteiger partial charge in [0.05, 0.1) is 6.04 Å².